The van der Waals surface area contributed by atoms with Gasteiger partial charge in [0.15, 0.2) is 0 Å². The van der Waals surface area contributed by atoms with Gasteiger partial charge < -0.3 is 25.4 Å². The monoisotopic (exact) mass is 491 g/mol. The number of carbonyl (C=O) groups excluding carboxylic acids is 3. The number of amides is 3. The molecule has 0 heterocycles. The zero-order chi connectivity index (χ0) is 26.9. The molecular weight excluding hydrogens is 446 g/mol. The molecule has 0 saturated heterocycles. The van der Waals surface area contributed by atoms with Crippen molar-refractivity contribution in [3.8, 4) is 5.75 Å². The van der Waals surface area contributed by atoms with Crippen molar-refractivity contribution in [3.63, 3.8) is 0 Å². The maximum atomic E-state index is 13.9. The first-order valence-corrected chi connectivity index (χ1v) is 12.6. The first kappa shape index (κ1) is 30.3. The lowest BCUT2D eigenvalue weighted by atomic mass is 9.95. The predicted octanol–water partition coefficient (Wildman–Crippen LogP) is 4.83. The molecule has 0 bridgehead atoms. The van der Waals surface area contributed by atoms with Crippen molar-refractivity contribution in [1.29, 1.82) is 0 Å². The van der Waals surface area contributed by atoms with Crippen molar-refractivity contribution in [2.75, 3.05) is 6.54 Å². The van der Waals surface area contributed by atoms with E-state index in [1.54, 1.807) is 39.8 Å². The van der Waals surface area contributed by atoms with E-state index in [0.717, 1.165) is 12.8 Å². The van der Waals surface area contributed by atoms with Gasteiger partial charge in [0.1, 0.15) is 23.4 Å². The fourth-order valence-corrected chi connectivity index (χ4v) is 3.91. The molecule has 8 heteroatoms. The molecule has 3 amide bonds. The van der Waals surface area contributed by atoms with Gasteiger partial charge in [0.2, 0.25) is 11.8 Å². The fraction of sp³-hybridized carbons (Fsp3) is 0.667. The molecule has 1 rings (SSSR count). The molecular formula is C27H45N3O5. The van der Waals surface area contributed by atoms with Crippen LogP contribution in [0.3, 0.4) is 0 Å². The van der Waals surface area contributed by atoms with E-state index in [2.05, 4.69) is 10.6 Å². The van der Waals surface area contributed by atoms with Gasteiger partial charge >= 0.3 is 6.09 Å². The summed E-state index contributed by atoms with van der Waals surface area (Å²) in [6.45, 7) is 16.9. The Morgan fingerprint density at radius 3 is 2.20 bits per heavy atom. The van der Waals surface area contributed by atoms with Crippen LogP contribution in [-0.4, -0.2) is 52.1 Å². The minimum atomic E-state index is -0.918. The second-order valence-corrected chi connectivity index (χ2v) is 10.3. The lowest BCUT2D eigenvalue weighted by molar-refractivity contribution is -0.143. The zero-order valence-corrected chi connectivity index (χ0v) is 22.9. The highest BCUT2D eigenvalue weighted by molar-refractivity contribution is 5.92. The molecule has 4 atom stereocenters. The quantitative estimate of drug-likeness (QED) is 0.411. The Balaban J connectivity index is 3.43. The molecule has 0 radical (unpaired) electrons. The predicted molar refractivity (Wildman–Crippen MR) is 138 cm³/mol. The van der Waals surface area contributed by atoms with Gasteiger partial charge in [0, 0.05) is 12.6 Å². The first-order valence-electron chi connectivity index (χ1n) is 12.6. The van der Waals surface area contributed by atoms with Crippen molar-refractivity contribution < 1.29 is 24.2 Å². The van der Waals surface area contributed by atoms with Gasteiger partial charge in [-0.15, -0.1) is 0 Å². The molecule has 4 unspecified atom stereocenters. The van der Waals surface area contributed by atoms with Gasteiger partial charge in [0.05, 0.1) is 0 Å². The van der Waals surface area contributed by atoms with E-state index in [1.807, 2.05) is 34.6 Å². The standard InChI is InChI=1S/C27H45N3O5/c1-10-13-19(6)28-24(32)23(20-14-15-21(31)18(5)16-20)30(12-3)25(33)22(17(4)11-2)29-26(34)35-27(7,8)9/h14-17,19,22-23,31H,10-13H2,1-9H3,(H,28,32)(H,29,34). The highest BCUT2D eigenvalue weighted by Crippen LogP contribution is 2.28. The molecule has 198 valence electrons. The summed E-state index contributed by atoms with van der Waals surface area (Å²) in [7, 11) is 0. The number of carbonyl (C=O) groups is 3. The number of nitrogens with zero attached hydrogens (tertiary/aromatic N) is 1. The van der Waals surface area contributed by atoms with E-state index in [0.29, 0.717) is 17.5 Å². The van der Waals surface area contributed by atoms with Crippen LogP contribution >= 0.6 is 0 Å². The summed E-state index contributed by atoms with van der Waals surface area (Å²) in [5.41, 5.74) is 0.492. The molecule has 0 aromatic heterocycles. The van der Waals surface area contributed by atoms with Crippen LogP contribution in [0.1, 0.15) is 91.8 Å². The number of phenols is 1. The highest BCUT2D eigenvalue weighted by Gasteiger charge is 2.37. The van der Waals surface area contributed by atoms with E-state index in [9.17, 15) is 19.5 Å². The summed E-state index contributed by atoms with van der Waals surface area (Å²) in [4.78, 5) is 41.5. The van der Waals surface area contributed by atoms with Crippen molar-refractivity contribution in [2.45, 2.75) is 105 Å². The van der Waals surface area contributed by atoms with Crippen LogP contribution in [0.25, 0.3) is 0 Å². The topological polar surface area (TPSA) is 108 Å². The first-order chi connectivity index (χ1) is 16.2. The molecule has 0 aliphatic carbocycles. The number of aryl methyl sites for hydroxylation is 1. The Morgan fingerprint density at radius 1 is 1.09 bits per heavy atom. The Labute approximate surface area is 210 Å². The van der Waals surface area contributed by atoms with Crippen LogP contribution in [0, 0.1) is 12.8 Å². The van der Waals surface area contributed by atoms with Crippen molar-refractivity contribution in [2.24, 2.45) is 5.92 Å². The molecule has 8 nitrogen and oxygen atoms in total. The van der Waals surface area contributed by atoms with E-state index in [1.165, 1.54) is 11.0 Å². The number of nitrogens with one attached hydrogen (secondary N) is 2. The number of aromatic hydroxyl groups is 1. The SMILES string of the molecule is CCCC(C)NC(=O)C(c1ccc(O)c(C)c1)N(CC)C(=O)C(NC(=O)OC(C)(C)C)C(C)CC. The van der Waals surface area contributed by atoms with Gasteiger partial charge in [0.25, 0.3) is 0 Å². The number of benzene rings is 1. The maximum absolute atomic E-state index is 13.9. The van der Waals surface area contributed by atoms with Gasteiger partial charge in [-0.25, -0.2) is 4.79 Å². The van der Waals surface area contributed by atoms with E-state index in [4.69, 9.17) is 4.74 Å². The minimum Gasteiger partial charge on any atom is -0.508 e. The Bertz CT molecular complexity index is 865. The third-order valence-electron chi connectivity index (χ3n) is 5.98. The van der Waals surface area contributed by atoms with Crippen molar-refractivity contribution in [1.82, 2.24) is 15.5 Å². The number of rotatable bonds is 11. The molecule has 0 aliphatic heterocycles. The van der Waals surface area contributed by atoms with E-state index >= 15 is 0 Å². The van der Waals surface area contributed by atoms with Crippen LogP contribution in [-0.2, 0) is 14.3 Å². The van der Waals surface area contributed by atoms with Crippen molar-refractivity contribution >= 4 is 17.9 Å². The number of ether oxygens (including phenoxy) is 1. The normalized spacial score (nSPS) is 14.9. The van der Waals surface area contributed by atoms with Crippen molar-refractivity contribution in [3.05, 3.63) is 29.3 Å². The lowest BCUT2D eigenvalue weighted by Crippen LogP contribution is -2.55. The average Bonchev–Trinajstić information content (AvgIpc) is 2.75. The van der Waals surface area contributed by atoms with E-state index < -0.39 is 23.8 Å². The molecule has 3 N–H and O–H groups in total. The van der Waals surface area contributed by atoms with Crippen LogP contribution in [0.5, 0.6) is 5.75 Å². The molecule has 0 saturated carbocycles. The lowest BCUT2D eigenvalue weighted by Gasteiger charge is -2.36. The summed E-state index contributed by atoms with van der Waals surface area (Å²) in [6.07, 6.45) is 1.69. The number of alkyl carbamates (subject to hydrolysis) is 1. The van der Waals surface area contributed by atoms with Gasteiger partial charge in [-0.2, -0.15) is 0 Å². The van der Waals surface area contributed by atoms with Crippen LogP contribution in [0.2, 0.25) is 0 Å². The maximum Gasteiger partial charge on any atom is 0.408 e. The summed E-state index contributed by atoms with van der Waals surface area (Å²) in [5, 5.41) is 15.8. The molecule has 0 fully saturated rings. The highest BCUT2D eigenvalue weighted by atomic mass is 16.6. The number of hydrogen-bond donors (Lipinski definition) is 3. The van der Waals surface area contributed by atoms with Crippen LogP contribution < -0.4 is 10.6 Å². The molecule has 1 aromatic rings. The third kappa shape index (κ3) is 9.07. The average molecular weight is 492 g/mol. The largest absolute Gasteiger partial charge is 0.508 e. The second-order valence-electron chi connectivity index (χ2n) is 10.3. The number of phenolic OH excluding ortho intramolecular Hbond substituents is 1. The minimum absolute atomic E-state index is 0.0627. The summed E-state index contributed by atoms with van der Waals surface area (Å²) >= 11 is 0. The Kier molecular flexibility index (Phi) is 11.5. The molecule has 0 spiro atoms. The van der Waals surface area contributed by atoms with Gasteiger partial charge in [-0.3, -0.25) is 9.59 Å². The molecule has 35 heavy (non-hydrogen) atoms. The summed E-state index contributed by atoms with van der Waals surface area (Å²) < 4.78 is 5.40. The van der Waals surface area contributed by atoms with Crippen LogP contribution in [0.4, 0.5) is 4.79 Å². The smallest absolute Gasteiger partial charge is 0.408 e. The Hall–Kier alpha value is -2.77. The number of hydrogen-bond acceptors (Lipinski definition) is 5. The molecule has 1 aromatic carbocycles. The van der Waals surface area contributed by atoms with E-state index in [-0.39, 0.29) is 36.1 Å². The summed E-state index contributed by atoms with van der Waals surface area (Å²) in [5.74, 6) is -0.729. The summed E-state index contributed by atoms with van der Waals surface area (Å²) in [6, 6.07) is 3.07. The Morgan fingerprint density at radius 2 is 1.71 bits per heavy atom. The van der Waals surface area contributed by atoms with Crippen LogP contribution in [0.15, 0.2) is 18.2 Å². The van der Waals surface area contributed by atoms with Gasteiger partial charge in [-0.05, 0) is 77.1 Å². The van der Waals surface area contributed by atoms with Gasteiger partial charge in [-0.1, -0.05) is 39.7 Å². The molecule has 0 aliphatic rings. The second kappa shape index (κ2) is 13.4. The number of likely N-dealkylation sites (N-methyl/N-ethyl adjacent to an activating group) is 1. The fourth-order valence-electron chi connectivity index (χ4n) is 3.91. The zero-order valence-electron chi connectivity index (χ0n) is 22.9. The third-order valence-corrected chi connectivity index (χ3v) is 5.98.